The largest absolute Gasteiger partial charge is 0.325 e. The maximum absolute atomic E-state index is 12.3. The normalized spacial score (nSPS) is 32.7. The highest BCUT2D eigenvalue weighted by molar-refractivity contribution is 6.11. The summed E-state index contributed by atoms with van der Waals surface area (Å²) in [5, 5.41) is 4.00. The molecule has 1 aromatic carbocycles. The molecule has 18 heavy (non-hydrogen) atoms. The molecule has 0 saturated heterocycles. The molecule has 1 amide bonds. The van der Waals surface area contributed by atoms with Crippen molar-refractivity contribution in [2.24, 2.45) is 11.8 Å². The van der Waals surface area contributed by atoms with Crippen LogP contribution in [0.3, 0.4) is 0 Å². The molecular weight excluding hydrogens is 226 g/mol. The van der Waals surface area contributed by atoms with Crippen LogP contribution in [-0.4, -0.2) is 15.9 Å². The van der Waals surface area contributed by atoms with Gasteiger partial charge in [0.05, 0.1) is 10.9 Å². The lowest BCUT2D eigenvalue weighted by Crippen LogP contribution is -2.22. The third-order valence-corrected chi connectivity index (χ3v) is 4.79. The Bertz CT molecular complexity index is 686. The Morgan fingerprint density at radius 1 is 1.28 bits per heavy atom. The molecule has 1 spiro atoms. The molecule has 4 heteroatoms. The molecule has 4 rings (SSSR count). The molecule has 4 nitrogen and oxygen atoms in total. The van der Waals surface area contributed by atoms with E-state index in [0.717, 1.165) is 22.2 Å². The quantitative estimate of drug-likeness (QED) is 0.766. The van der Waals surface area contributed by atoms with Crippen molar-refractivity contribution in [1.82, 2.24) is 9.97 Å². The number of benzene rings is 1. The van der Waals surface area contributed by atoms with Gasteiger partial charge in [0.25, 0.3) is 0 Å². The first kappa shape index (κ1) is 10.00. The molecule has 2 atom stereocenters. The van der Waals surface area contributed by atoms with Gasteiger partial charge in [-0.25, -0.2) is 9.97 Å². The molecular formula is C14H13N3O. The highest BCUT2D eigenvalue weighted by Crippen LogP contribution is 2.64. The zero-order valence-electron chi connectivity index (χ0n) is 10.3. The first-order valence-corrected chi connectivity index (χ1v) is 6.21. The SMILES string of the molecule is CC1C(C)C12C(=O)Nc1cc3ncncc3cc12. The molecule has 1 aliphatic heterocycles. The predicted molar refractivity (Wildman–Crippen MR) is 68.2 cm³/mol. The third-order valence-electron chi connectivity index (χ3n) is 4.79. The minimum atomic E-state index is -0.306. The van der Waals surface area contributed by atoms with E-state index >= 15 is 0 Å². The van der Waals surface area contributed by atoms with Gasteiger partial charge in [0.2, 0.25) is 5.91 Å². The van der Waals surface area contributed by atoms with Crippen LogP contribution in [0.2, 0.25) is 0 Å². The molecule has 2 aliphatic rings. The van der Waals surface area contributed by atoms with Crippen LogP contribution in [0.1, 0.15) is 19.4 Å². The number of nitrogens with zero attached hydrogens (tertiary/aromatic N) is 2. The topological polar surface area (TPSA) is 54.9 Å². The summed E-state index contributed by atoms with van der Waals surface area (Å²) in [4.78, 5) is 20.5. The zero-order chi connectivity index (χ0) is 12.5. The van der Waals surface area contributed by atoms with Gasteiger partial charge < -0.3 is 5.32 Å². The monoisotopic (exact) mass is 239 g/mol. The predicted octanol–water partition coefficient (Wildman–Crippen LogP) is 2.11. The Labute approximate surface area is 104 Å². The summed E-state index contributed by atoms with van der Waals surface area (Å²) in [5.41, 5.74) is 2.61. The lowest BCUT2D eigenvalue weighted by Gasteiger charge is -2.08. The number of fused-ring (bicyclic) bond motifs is 3. The molecule has 1 N–H and O–H groups in total. The fraction of sp³-hybridized carbons (Fsp3) is 0.357. The van der Waals surface area contributed by atoms with Gasteiger partial charge in [0.15, 0.2) is 0 Å². The fourth-order valence-electron chi connectivity index (χ4n) is 3.50. The van der Waals surface area contributed by atoms with Crippen molar-refractivity contribution < 1.29 is 4.79 Å². The van der Waals surface area contributed by atoms with E-state index in [1.807, 2.05) is 6.07 Å². The number of hydrogen-bond acceptors (Lipinski definition) is 3. The molecule has 90 valence electrons. The first-order chi connectivity index (χ1) is 8.65. The van der Waals surface area contributed by atoms with Crippen LogP contribution >= 0.6 is 0 Å². The van der Waals surface area contributed by atoms with Crippen molar-refractivity contribution >= 4 is 22.5 Å². The van der Waals surface area contributed by atoms with Crippen molar-refractivity contribution in [3.8, 4) is 0 Å². The van der Waals surface area contributed by atoms with Gasteiger partial charge in [0, 0.05) is 17.3 Å². The Kier molecular flexibility index (Phi) is 1.60. The van der Waals surface area contributed by atoms with E-state index in [1.54, 1.807) is 6.20 Å². The van der Waals surface area contributed by atoms with Gasteiger partial charge in [-0.3, -0.25) is 4.79 Å². The van der Waals surface area contributed by atoms with E-state index in [-0.39, 0.29) is 11.3 Å². The first-order valence-electron chi connectivity index (χ1n) is 6.21. The number of aromatic nitrogens is 2. The number of amides is 1. The van der Waals surface area contributed by atoms with Crippen LogP contribution < -0.4 is 5.32 Å². The summed E-state index contributed by atoms with van der Waals surface area (Å²) >= 11 is 0. The van der Waals surface area contributed by atoms with Gasteiger partial charge in [-0.2, -0.15) is 0 Å². The summed E-state index contributed by atoms with van der Waals surface area (Å²) in [6.45, 7) is 4.29. The van der Waals surface area contributed by atoms with Crippen LogP contribution in [0, 0.1) is 11.8 Å². The van der Waals surface area contributed by atoms with Gasteiger partial charge in [-0.05, 0) is 29.5 Å². The second-order valence-electron chi connectivity index (χ2n) is 5.38. The number of carbonyl (C=O) groups is 1. The lowest BCUT2D eigenvalue weighted by atomic mass is 9.92. The summed E-state index contributed by atoms with van der Waals surface area (Å²) in [7, 11) is 0. The molecule has 2 aromatic rings. The standard InChI is InChI=1S/C14H13N3O/c1-7-8(2)14(7)10-3-9-5-15-6-16-11(9)4-12(10)17-13(14)18/h3-8H,1-2H3,(H,17,18). The summed E-state index contributed by atoms with van der Waals surface area (Å²) in [6.07, 6.45) is 3.33. The van der Waals surface area contributed by atoms with Crippen LogP contribution in [0.15, 0.2) is 24.7 Å². The smallest absolute Gasteiger partial charge is 0.235 e. The highest BCUT2D eigenvalue weighted by Gasteiger charge is 2.68. The molecule has 2 heterocycles. The second kappa shape index (κ2) is 2.88. The van der Waals surface area contributed by atoms with Crippen LogP contribution in [0.4, 0.5) is 5.69 Å². The van der Waals surface area contributed by atoms with Crippen LogP contribution in [0.5, 0.6) is 0 Å². The maximum Gasteiger partial charge on any atom is 0.235 e. The molecule has 1 aliphatic carbocycles. The van der Waals surface area contributed by atoms with E-state index in [1.165, 1.54) is 6.33 Å². The second-order valence-corrected chi connectivity index (χ2v) is 5.38. The van der Waals surface area contributed by atoms with E-state index in [9.17, 15) is 4.79 Å². The van der Waals surface area contributed by atoms with E-state index < -0.39 is 0 Å². The Hall–Kier alpha value is -1.97. The van der Waals surface area contributed by atoms with Gasteiger partial charge in [0.1, 0.15) is 6.33 Å². The average molecular weight is 239 g/mol. The van der Waals surface area contributed by atoms with Crippen molar-refractivity contribution in [1.29, 1.82) is 0 Å². The third kappa shape index (κ3) is 0.915. The number of rotatable bonds is 0. The number of carbonyl (C=O) groups excluding carboxylic acids is 1. The lowest BCUT2D eigenvalue weighted by molar-refractivity contribution is -0.118. The van der Waals surface area contributed by atoms with Crippen LogP contribution in [0.25, 0.3) is 10.9 Å². The Morgan fingerprint density at radius 3 is 2.78 bits per heavy atom. The number of nitrogens with one attached hydrogen (secondary N) is 1. The Balaban J connectivity index is 2.02. The summed E-state index contributed by atoms with van der Waals surface area (Å²) < 4.78 is 0. The zero-order valence-corrected chi connectivity index (χ0v) is 10.3. The number of hydrogen-bond donors (Lipinski definition) is 1. The van der Waals surface area contributed by atoms with E-state index in [0.29, 0.717) is 11.8 Å². The minimum Gasteiger partial charge on any atom is -0.325 e. The highest BCUT2D eigenvalue weighted by atomic mass is 16.2. The van der Waals surface area contributed by atoms with Gasteiger partial charge in [-0.15, -0.1) is 0 Å². The van der Waals surface area contributed by atoms with Crippen molar-refractivity contribution in [3.63, 3.8) is 0 Å². The minimum absolute atomic E-state index is 0.140. The molecule has 1 saturated carbocycles. The maximum atomic E-state index is 12.3. The van der Waals surface area contributed by atoms with E-state index in [4.69, 9.17) is 0 Å². The van der Waals surface area contributed by atoms with Crippen molar-refractivity contribution in [2.45, 2.75) is 19.3 Å². The molecule has 2 unspecified atom stereocenters. The fourth-order valence-corrected chi connectivity index (χ4v) is 3.50. The van der Waals surface area contributed by atoms with Gasteiger partial charge in [-0.1, -0.05) is 13.8 Å². The van der Waals surface area contributed by atoms with Crippen molar-refractivity contribution in [2.75, 3.05) is 5.32 Å². The summed E-state index contributed by atoms with van der Waals surface area (Å²) in [5.74, 6) is 0.947. The molecule has 0 bridgehead atoms. The van der Waals surface area contributed by atoms with Crippen molar-refractivity contribution in [3.05, 3.63) is 30.2 Å². The number of anilines is 1. The molecule has 1 fully saturated rings. The van der Waals surface area contributed by atoms with E-state index in [2.05, 4.69) is 35.2 Å². The van der Waals surface area contributed by atoms with Crippen LogP contribution in [-0.2, 0) is 10.2 Å². The molecule has 0 radical (unpaired) electrons. The Morgan fingerprint density at radius 2 is 2.06 bits per heavy atom. The summed E-state index contributed by atoms with van der Waals surface area (Å²) in [6, 6.07) is 4.03. The van der Waals surface area contributed by atoms with Gasteiger partial charge >= 0.3 is 0 Å². The molecule has 1 aromatic heterocycles. The average Bonchev–Trinajstić information content (AvgIpc) is 2.79.